The van der Waals surface area contributed by atoms with Gasteiger partial charge in [0, 0.05) is 0 Å². The highest BCUT2D eigenvalue weighted by molar-refractivity contribution is 5.46. The summed E-state index contributed by atoms with van der Waals surface area (Å²) in [5, 5.41) is 9.45. The Hall–Kier alpha value is -1.22. The second kappa shape index (κ2) is 5.61. The zero-order valence-electron chi connectivity index (χ0n) is 9.42. The van der Waals surface area contributed by atoms with Crippen molar-refractivity contribution < 1.29 is 9.84 Å². The van der Waals surface area contributed by atoms with Gasteiger partial charge in [-0.3, -0.25) is 0 Å². The van der Waals surface area contributed by atoms with Crippen LogP contribution in [0.25, 0.3) is 0 Å². The maximum Gasteiger partial charge on any atom is 0.125 e. The van der Waals surface area contributed by atoms with Crippen LogP contribution in [-0.2, 0) is 6.42 Å². The standard InChI is InChI=1S/C12H19NO2/c1-3-10-8-11(14)7-9(2)12(10)15-6-4-5-13/h7-8,14H,3-6,13H2,1-2H3. The fourth-order valence-electron chi connectivity index (χ4n) is 1.55. The molecule has 0 aliphatic heterocycles. The van der Waals surface area contributed by atoms with Gasteiger partial charge in [0.15, 0.2) is 0 Å². The van der Waals surface area contributed by atoms with E-state index in [1.807, 2.05) is 13.8 Å². The summed E-state index contributed by atoms with van der Waals surface area (Å²) in [6, 6.07) is 3.47. The van der Waals surface area contributed by atoms with E-state index in [2.05, 4.69) is 0 Å². The Morgan fingerprint density at radius 3 is 2.73 bits per heavy atom. The smallest absolute Gasteiger partial charge is 0.125 e. The summed E-state index contributed by atoms with van der Waals surface area (Å²) >= 11 is 0. The minimum absolute atomic E-state index is 0.301. The van der Waals surface area contributed by atoms with Gasteiger partial charge in [-0.25, -0.2) is 0 Å². The van der Waals surface area contributed by atoms with E-state index < -0.39 is 0 Å². The van der Waals surface area contributed by atoms with Gasteiger partial charge in [0.2, 0.25) is 0 Å². The van der Waals surface area contributed by atoms with Gasteiger partial charge in [-0.15, -0.1) is 0 Å². The number of phenols is 1. The molecule has 0 spiro atoms. The average molecular weight is 209 g/mol. The number of aromatic hydroxyl groups is 1. The molecule has 0 saturated heterocycles. The molecule has 15 heavy (non-hydrogen) atoms. The fourth-order valence-corrected chi connectivity index (χ4v) is 1.55. The monoisotopic (exact) mass is 209 g/mol. The lowest BCUT2D eigenvalue weighted by molar-refractivity contribution is 0.307. The number of nitrogens with two attached hydrogens (primary N) is 1. The lowest BCUT2D eigenvalue weighted by Crippen LogP contribution is -2.07. The van der Waals surface area contributed by atoms with Crippen LogP contribution < -0.4 is 10.5 Å². The molecule has 1 aromatic rings. The van der Waals surface area contributed by atoms with Gasteiger partial charge in [0.05, 0.1) is 6.61 Å². The van der Waals surface area contributed by atoms with Crippen molar-refractivity contribution in [3.8, 4) is 11.5 Å². The normalized spacial score (nSPS) is 10.3. The Bertz CT molecular complexity index is 324. The SMILES string of the molecule is CCc1cc(O)cc(C)c1OCCCN. The van der Waals surface area contributed by atoms with E-state index in [0.29, 0.717) is 18.9 Å². The number of aryl methyl sites for hydroxylation is 2. The Morgan fingerprint density at radius 2 is 2.13 bits per heavy atom. The topological polar surface area (TPSA) is 55.5 Å². The molecule has 84 valence electrons. The first-order valence-electron chi connectivity index (χ1n) is 5.34. The summed E-state index contributed by atoms with van der Waals surface area (Å²) in [4.78, 5) is 0. The van der Waals surface area contributed by atoms with Crippen LogP contribution in [0.5, 0.6) is 11.5 Å². The third-order valence-electron chi connectivity index (χ3n) is 2.31. The van der Waals surface area contributed by atoms with Gasteiger partial charge in [-0.05, 0) is 49.6 Å². The van der Waals surface area contributed by atoms with Crippen molar-refractivity contribution >= 4 is 0 Å². The number of phenolic OH excluding ortho intramolecular Hbond substituents is 1. The van der Waals surface area contributed by atoms with E-state index in [-0.39, 0.29) is 0 Å². The van der Waals surface area contributed by atoms with E-state index in [4.69, 9.17) is 10.5 Å². The van der Waals surface area contributed by atoms with Gasteiger partial charge >= 0.3 is 0 Å². The number of hydrogen-bond donors (Lipinski definition) is 2. The van der Waals surface area contributed by atoms with E-state index in [1.54, 1.807) is 12.1 Å². The number of hydrogen-bond acceptors (Lipinski definition) is 3. The molecule has 0 saturated carbocycles. The van der Waals surface area contributed by atoms with Crippen molar-refractivity contribution in [1.29, 1.82) is 0 Å². The van der Waals surface area contributed by atoms with Crippen LogP contribution in [0.2, 0.25) is 0 Å². The van der Waals surface area contributed by atoms with Gasteiger partial charge in [-0.2, -0.15) is 0 Å². The lowest BCUT2D eigenvalue weighted by Gasteiger charge is -2.13. The van der Waals surface area contributed by atoms with Crippen molar-refractivity contribution in [3.63, 3.8) is 0 Å². The predicted octanol–water partition coefficient (Wildman–Crippen LogP) is 1.99. The van der Waals surface area contributed by atoms with Crippen LogP contribution in [0, 0.1) is 6.92 Å². The van der Waals surface area contributed by atoms with E-state index in [9.17, 15) is 5.11 Å². The van der Waals surface area contributed by atoms with Crippen LogP contribution in [0.3, 0.4) is 0 Å². The Balaban J connectivity index is 2.84. The first kappa shape index (κ1) is 11.9. The van der Waals surface area contributed by atoms with Crippen molar-refractivity contribution in [2.75, 3.05) is 13.2 Å². The Morgan fingerprint density at radius 1 is 1.40 bits per heavy atom. The largest absolute Gasteiger partial charge is 0.508 e. The summed E-state index contributed by atoms with van der Waals surface area (Å²) in [6.07, 6.45) is 1.71. The summed E-state index contributed by atoms with van der Waals surface area (Å²) in [5.74, 6) is 1.19. The number of benzene rings is 1. The molecule has 0 amide bonds. The molecule has 0 unspecified atom stereocenters. The fraction of sp³-hybridized carbons (Fsp3) is 0.500. The lowest BCUT2D eigenvalue weighted by atomic mass is 10.1. The zero-order chi connectivity index (χ0) is 11.3. The van der Waals surface area contributed by atoms with Crippen LogP contribution in [0.15, 0.2) is 12.1 Å². The first-order valence-corrected chi connectivity index (χ1v) is 5.34. The Kier molecular flexibility index (Phi) is 4.43. The van der Waals surface area contributed by atoms with Gasteiger partial charge < -0.3 is 15.6 Å². The molecule has 0 heterocycles. The van der Waals surface area contributed by atoms with E-state index in [0.717, 1.165) is 29.7 Å². The van der Waals surface area contributed by atoms with Crippen molar-refractivity contribution in [3.05, 3.63) is 23.3 Å². The molecule has 3 nitrogen and oxygen atoms in total. The molecule has 0 atom stereocenters. The molecule has 0 aliphatic carbocycles. The molecule has 3 heteroatoms. The highest BCUT2D eigenvalue weighted by atomic mass is 16.5. The van der Waals surface area contributed by atoms with Crippen LogP contribution in [-0.4, -0.2) is 18.3 Å². The van der Waals surface area contributed by atoms with Gasteiger partial charge in [0.25, 0.3) is 0 Å². The summed E-state index contributed by atoms with van der Waals surface area (Å²) < 4.78 is 5.66. The van der Waals surface area contributed by atoms with Crippen molar-refractivity contribution in [1.82, 2.24) is 0 Å². The first-order chi connectivity index (χ1) is 7.19. The van der Waals surface area contributed by atoms with Crippen molar-refractivity contribution in [2.24, 2.45) is 5.73 Å². The second-order valence-electron chi connectivity index (χ2n) is 3.60. The predicted molar refractivity (Wildman–Crippen MR) is 61.4 cm³/mol. The minimum Gasteiger partial charge on any atom is -0.508 e. The minimum atomic E-state index is 0.301. The van der Waals surface area contributed by atoms with Gasteiger partial charge in [0.1, 0.15) is 11.5 Å². The quantitative estimate of drug-likeness (QED) is 0.729. The third kappa shape index (κ3) is 3.13. The molecular formula is C12H19NO2. The molecule has 1 aromatic carbocycles. The molecule has 0 fully saturated rings. The maximum absolute atomic E-state index is 9.45. The van der Waals surface area contributed by atoms with Gasteiger partial charge in [-0.1, -0.05) is 6.92 Å². The number of rotatable bonds is 5. The second-order valence-corrected chi connectivity index (χ2v) is 3.60. The Labute approximate surface area is 90.9 Å². The van der Waals surface area contributed by atoms with Crippen molar-refractivity contribution in [2.45, 2.75) is 26.7 Å². The molecule has 0 bridgehead atoms. The molecule has 0 aromatic heterocycles. The summed E-state index contributed by atoms with van der Waals surface area (Å²) in [6.45, 7) is 5.26. The zero-order valence-corrected chi connectivity index (χ0v) is 9.42. The molecular weight excluding hydrogens is 190 g/mol. The van der Waals surface area contributed by atoms with Crippen LogP contribution in [0.4, 0.5) is 0 Å². The molecule has 0 aliphatic rings. The molecule has 0 radical (unpaired) electrons. The summed E-state index contributed by atoms with van der Waals surface area (Å²) in [7, 11) is 0. The average Bonchev–Trinajstić information content (AvgIpc) is 2.20. The van der Waals surface area contributed by atoms with Crippen LogP contribution >= 0.6 is 0 Å². The summed E-state index contributed by atoms with van der Waals surface area (Å²) in [5.41, 5.74) is 7.43. The highest BCUT2D eigenvalue weighted by Crippen LogP contribution is 2.28. The van der Waals surface area contributed by atoms with E-state index in [1.165, 1.54) is 0 Å². The third-order valence-corrected chi connectivity index (χ3v) is 2.31. The molecule has 1 rings (SSSR count). The number of ether oxygens (including phenoxy) is 1. The molecule has 3 N–H and O–H groups in total. The van der Waals surface area contributed by atoms with Crippen LogP contribution in [0.1, 0.15) is 24.5 Å². The van der Waals surface area contributed by atoms with E-state index >= 15 is 0 Å². The maximum atomic E-state index is 9.45. The highest BCUT2D eigenvalue weighted by Gasteiger charge is 2.07.